The SMILES string of the molecule is Cc1ccc(C(=O)CN2CCCC(C)C2)cc1C(=O)O. The normalized spacial score (nSPS) is 19.8. The number of piperidine rings is 1. The third kappa shape index (κ3) is 3.45. The Bertz CT molecular complexity index is 524. The van der Waals surface area contributed by atoms with Crippen molar-refractivity contribution >= 4 is 11.8 Å². The standard InChI is InChI=1S/C16H21NO3/c1-11-4-3-7-17(9-11)10-15(18)13-6-5-12(2)14(8-13)16(19)20/h5-6,8,11H,3-4,7,9-10H2,1-2H3,(H,19,20). The summed E-state index contributed by atoms with van der Waals surface area (Å²) in [4.78, 5) is 25.5. The summed E-state index contributed by atoms with van der Waals surface area (Å²) in [6.07, 6.45) is 2.35. The molecule has 1 aliphatic rings. The maximum atomic E-state index is 12.3. The van der Waals surface area contributed by atoms with Gasteiger partial charge in [0.25, 0.3) is 0 Å². The van der Waals surface area contributed by atoms with Crippen LogP contribution in [0.4, 0.5) is 0 Å². The molecule has 1 aromatic carbocycles. The van der Waals surface area contributed by atoms with Crippen LogP contribution in [-0.2, 0) is 0 Å². The molecule has 1 unspecified atom stereocenters. The molecule has 4 heteroatoms. The highest BCUT2D eigenvalue weighted by Crippen LogP contribution is 2.17. The van der Waals surface area contributed by atoms with Gasteiger partial charge in [-0.1, -0.05) is 19.1 Å². The fraction of sp³-hybridized carbons (Fsp3) is 0.500. The number of aromatic carboxylic acids is 1. The van der Waals surface area contributed by atoms with Gasteiger partial charge in [0.15, 0.2) is 5.78 Å². The van der Waals surface area contributed by atoms with Crippen LogP contribution in [0.3, 0.4) is 0 Å². The third-order valence-electron chi connectivity index (χ3n) is 3.90. The first kappa shape index (κ1) is 14.7. The Morgan fingerprint density at radius 1 is 1.40 bits per heavy atom. The van der Waals surface area contributed by atoms with Crippen LogP contribution in [-0.4, -0.2) is 41.4 Å². The van der Waals surface area contributed by atoms with Crippen LogP contribution in [0.5, 0.6) is 0 Å². The van der Waals surface area contributed by atoms with Gasteiger partial charge >= 0.3 is 5.97 Å². The summed E-state index contributed by atoms with van der Waals surface area (Å²) in [5.74, 6) is -0.352. The first-order valence-electron chi connectivity index (χ1n) is 7.07. The number of aryl methyl sites for hydroxylation is 1. The van der Waals surface area contributed by atoms with Crippen molar-refractivity contribution in [3.05, 3.63) is 34.9 Å². The second-order valence-electron chi connectivity index (χ2n) is 5.74. The lowest BCUT2D eigenvalue weighted by molar-refractivity contribution is 0.0696. The van der Waals surface area contributed by atoms with E-state index in [4.69, 9.17) is 5.11 Å². The van der Waals surface area contributed by atoms with E-state index in [1.54, 1.807) is 19.1 Å². The summed E-state index contributed by atoms with van der Waals surface area (Å²) >= 11 is 0. The molecule has 1 saturated heterocycles. The van der Waals surface area contributed by atoms with Gasteiger partial charge in [-0.25, -0.2) is 4.79 Å². The van der Waals surface area contributed by atoms with E-state index in [1.165, 1.54) is 12.5 Å². The van der Waals surface area contributed by atoms with Crippen molar-refractivity contribution in [3.63, 3.8) is 0 Å². The molecule has 4 nitrogen and oxygen atoms in total. The molecule has 1 heterocycles. The van der Waals surface area contributed by atoms with E-state index in [0.717, 1.165) is 19.5 Å². The smallest absolute Gasteiger partial charge is 0.335 e. The van der Waals surface area contributed by atoms with Gasteiger partial charge in [-0.2, -0.15) is 0 Å². The van der Waals surface area contributed by atoms with Crippen molar-refractivity contribution in [2.45, 2.75) is 26.7 Å². The highest BCUT2D eigenvalue weighted by Gasteiger charge is 2.20. The number of rotatable bonds is 4. The zero-order valence-electron chi connectivity index (χ0n) is 12.1. The Kier molecular flexibility index (Phi) is 4.55. The van der Waals surface area contributed by atoms with Gasteiger partial charge in [-0.3, -0.25) is 9.69 Å². The Hall–Kier alpha value is -1.68. The summed E-state index contributed by atoms with van der Waals surface area (Å²) in [6, 6.07) is 4.92. The molecule has 0 aliphatic carbocycles. The van der Waals surface area contributed by atoms with Crippen molar-refractivity contribution < 1.29 is 14.7 Å². The van der Waals surface area contributed by atoms with Crippen LogP contribution in [0.15, 0.2) is 18.2 Å². The minimum absolute atomic E-state index is 0.00148. The van der Waals surface area contributed by atoms with Gasteiger partial charge in [0.1, 0.15) is 0 Å². The minimum Gasteiger partial charge on any atom is -0.478 e. The van der Waals surface area contributed by atoms with Gasteiger partial charge in [0.2, 0.25) is 0 Å². The van der Waals surface area contributed by atoms with E-state index < -0.39 is 5.97 Å². The predicted octanol–water partition coefficient (Wildman–Crippen LogP) is 2.61. The highest BCUT2D eigenvalue weighted by molar-refractivity contribution is 6.00. The molecular formula is C16H21NO3. The topological polar surface area (TPSA) is 57.6 Å². The molecule has 1 fully saturated rings. The van der Waals surface area contributed by atoms with Crippen LogP contribution in [0.2, 0.25) is 0 Å². The van der Waals surface area contributed by atoms with Crippen molar-refractivity contribution in [3.8, 4) is 0 Å². The molecule has 108 valence electrons. The van der Waals surface area contributed by atoms with E-state index in [9.17, 15) is 9.59 Å². The summed E-state index contributed by atoms with van der Waals surface area (Å²) in [7, 11) is 0. The van der Waals surface area contributed by atoms with Crippen molar-refractivity contribution in [1.82, 2.24) is 4.90 Å². The fourth-order valence-corrected chi connectivity index (χ4v) is 2.75. The Morgan fingerprint density at radius 3 is 2.80 bits per heavy atom. The number of Topliss-reactive ketones (excluding diaryl/α,β-unsaturated/α-hetero) is 1. The molecule has 1 atom stereocenters. The van der Waals surface area contributed by atoms with E-state index >= 15 is 0 Å². The molecule has 1 aliphatic heterocycles. The number of carbonyl (C=O) groups is 2. The largest absolute Gasteiger partial charge is 0.478 e. The lowest BCUT2D eigenvalue weighted by Gasteiger charge is -2.30. The second kappa shape index (κ2) is 6.18. The molecule has 0 radical (unpaired) electrons. The summed E-state index contributed by atoms with van der Waals surface area (Å²) < 4.78 is 0. The monoisotopic (exact) mass is 275 g/mol. The van der Waals surface area contributed by atoms with Crippen LogP contribution in [0.1, 0.15) is 46.0 Å². The van der Waals surface area contributed by atoms with E-state index in [-0.39, 0.29) is 11.3 Å². The van der Waals surface area contributed by atoms with Gasteiger partial charge in [0.05, 0.1) is 12.1 Å². The maximum Gasteiger partial charge on any atom is 0.335 e. The number of ketones is 1. The summed E-state index contributed by atoms with van der Waals surface area (Å²) in [5.41, 5.74) is 1.38. The van der Waals surface area contributed by atoms with E-state index in [0.29, 0.717) is 23.6 Å². The molecular weight excluding hydrogens is 254 g/mol. The zero-order valence-corrected chi connectivity index (χ0v) is 12.1. The van der Waals surface area contributed by atoms with Crippen molar-refractivity contribution in [2.75, 3.05) is 19.6 Å². The summed E-state index contributed by atoms with van der Waals surface area (Å²) in [5, 5.41) is 9.11. The number of carbonyl (C=O) groups excluding carboxylic acids is 1. The number of carboxylic acids is 1. The lowest BCUT2D eigenvalue weighted by atomic mass is 9.98. The second-order valence-corrected chi connectivity index (χ2v) is 5.74. The van der Waals surface area contributed by atoms with E-state index in [1.807, 2.05) is 0 Å². The first-order chi connectivity index (χ1) is 9.47. The van der Waals surface area contributed by atoms with Gasteiger partial charge < -0.3 is 5.11 Å². The van der Waals surface area contributed by atoms with Crippen LogP contribution in [0.25, 0.3) is 0 Å². The Balaban J connectivity index is 2.09. The lowest BCUT2D eigenvalue weighted by Crippen LogP contribution is -2.38. The van der Waals surface area contributed by atoms with Crippen LogP contribution in [0, 0.1) is 12.8 Å². The predicted molar refractivity (Wildman–Crippen MR) is 77.3 cm³/mol. The van der Waals surface area contributed by atoms with Gasteiger partial charge in [-0.05, 0) is 43.9 Å². The molecule has 1 aromatic rings. The molecule has 0 spiro atoms. The van der Waals surface area contributed by atoms with Crippen LogP contribution < -0.4 is 0 Å². The number of nitrogens with zero attached hydrogens (tertiary/aromatic N) is 1. The Labute approximate surface area is 119 Å². The molecule has 1 N–H and O–H groups in total. The van der Waals surface area contributed by atoms with Gasteiger partial charge in [0, 0.05) is 12.1 Å². The first-order valence-corrected chi connectivity index (χ1v) is 7.07. The van der Waals surface area contributed by atoms with Gasteiger partial charge in [-0.15, -0.1) is 0 Å². The average molecular weight is 275 g/mol. The highest BCUT2D eigenvalue weighted by atomic mass is 16.4. The Morgan fingerprint density at radius 2 is 2.15 bits per heavy atom. The zero-order chi connectivity index (χ0) is 14.7. The van der Waals surface area contributed by atoms with Crippen molar-refractivity contribution in [2.24, 2.45) is 5.92 Å². The number of hydrogen-bond acceptors (Lipinski definition) is 3. The maximum absolute atomic E-state index is 12.3. The fourth-order valence-electron chi connectivity index (χ4n) is 2.75. The molecule has 0 amide bonds. The average Bonchev–Trinajstić information content (AvgIpc) is 2.38. The number of likely N-dealkylation sites (tertiary alicyclic amines) is 1. The molecule has 20 heavy (non-hydrogen) atoms. The quantitative estimate of drug-likeness (QED) is 0.858. The number of hydrogen-bond donors (Lipinski definition) is 1. The third-order valence-corrected chi connectivity index (χ3v) is 3.90. The molecule has 0 bridgehead atoms. The minimum atomic E-state index is -0.983. The van der Waals surface area contributed by atoms with E-state index in [2.05, 4.69) is 11.8 Å². The van der Waals surface area contributed by atoms with Crippen LogP contribution >= 0.6 is 0 Å². The van der Waals surface area contributed by atoms with Crippen molar-refractivity contribution in [1.29, 1.82) is 0 Å². The summed E-state index contributed by atoms with van der Waals surface area (Å²) in [6.45, 7) is 6.22. The number of benzene rings is 1. The molecule has 0 saturated carbocycles. The number of carboxylic acid groups (broad SMARTS) is 1. The molecule has 2 rings (SSSR count). The molecule has 0 aromatic heterocycles.